The highest BCUT2D eigenvalue weighted by atomic mass is 16.3. The van der Waals surface area contributed by atoms with E-state index in [9.17, 15) is 29.7 Å². The standard InChI is InChI=1S/C37H47N3O6/c1-24(2)10-8-11-25(3)18-19-39-33-17-16-30(38-35(44)27(5)42)21-32(33)37(46,36(39)45)26(4)12-9-15-34(43)40-22-29-14-7-6-13-28(29)20-31(40)23-41/h6-7,9-10,12-14,16-18,21,26-27,31,41-42,46H,8,11,15,19-20,22-23H2,1-5H3,(H,38,44)/b12-9+,25-18+/t26-,27-,31-,37+/m0/s1. The molecule has 46 heavy (non-hydrogen) atoms. The Morgan fingerprint density at radius 1 is 1.09 bits per heavy atom. The van der Waals surface area contributed by atoms with E-state index in [1.165, 1.54) is 12.5 Å². The fourth-order valence-electron chi connectivity index (χ4n) is 6.06. The monoisotopic (exact) mass is 629 g/mol. The van der Waals surface area contributed by atoms with Crippen LogP contribution in [0.1, 0.15) is 70.6 Å². The lowest BCUT2D eigenvalue weighted by Gasteiger charge is -2.36. The Morgan fingerprint density at radius 2 is 1.80 bits per heavy atom. The van der Waals surface area contributed by atoms with Gasteiger partial charge in [-0.25, -0.2) is 0 Å². The number of fused-ring (bicyclic) bond motifs is 2. The highest BCUT2D eigenvalue weighted by molar-refractivity contribution is 6.08. The molecule has 9 heteroatoms. The molecule has 0 aliphatic carbocycles. The summed E-state index contributed by atoms with van der Waals surface area (Å²) < 4.78 is 0. The van der Waals surface area contributed by atoms with Crippen LogP contribution < -0.4 is 10.2 Å². The first-order valence-electron chi connectivity index (χ1n) is 16.0. The molecule has 0 radical (unpaired) electrons. The van der Waals surface area contributed by atoms with Crippen molar-refractivity contribution in [1.29, 1.82) is 0 Å². The predicted octanol–water partition coefficient (Wildman–Crippen LogP) is 4.76. The summed E-state index contributed by atoms with van der Waals surface area (Å²) in [4.78, 5) is 42.7. The zero-order valence-corrected chi connectivity index (χ0v) is 27.5. The summed E-state index contributed by atoms with van der Waals surface area (Å²) in [6.45, 7) is 9.75. The van der Waals surface area contributed by atoms with Gasteiger partial charge in [-0.05, 0) is 76.3 Å². The first-order valence-corrected chi connectivity index (χ1v) is 16.0. The Bertz CT molecular complexity index is 1540. The van der Waals surface area contributed by atoms with Gasteiger partial charge in [0.2, 0.25) is 5.91 Å². The maximum Gasteiger partial charge on any atom is 0.264 e. The van der Waals surface area contributed by atoms with Crippen molar-refractivity contribution in [3.8, 4) is 0 Å². The van der Waals surface area contributed by atoms with Gasteiger partial charge < -0.3 is 30.4 Å². The fourth-order valence-corrected chi connectivity index (χ4v) is 6.06. The topological polar surface area (TPSA) is 130 Å². The highest BCUT2D eigenvalue weighted by Crippen LogP contribution is 2.46. The summed E-state index contributed by atoms with van der Waals surface area (Å²) in [6, 6.07) is 12.5. The lowest BCUT2D eigenvalue weighted by atomic mass is 9.82. The van der Waals surface area contributed by atoms with Crippen LogP contribution in [0.5, 0.6) is 0 Å². The number of hydrogen-bond donors (Lipinski definition) is 4. The van der Waals surface area contributed by atoms with Crippen molar-refractivity contribution >= 4 is 29.1 Å². The van der Waals surface area contributed by atoms with Gasteiger partial charge in [0, 0.05) is 36.7 Å². The van der Waals surface area contributed by atoms with Crippen LogP contribution >= 0.6 is 0 Å². The first kappa shape index (κ1) is 34.8. The van der Waals surface area contributed by atoms with Crippen molar-refractivity contribution in [1.82, 2.24) is 4.90 Å². The molecule has 2 aliphatic rings. The molecule has 0 saturated heterocycles. The van der Waals surface area contributed by atoms with Crippen LogP contribution in [0.25, 0.3) is 0 Å². The third-order valence-electron chi connectivity index (χ3n) is 8.89. The van der Waals surface area contributed by atoms with Crippen molar-refractivity contribution in [2.24, 2.45) is 5.92 Å². The van der Waals surface area contributed by atoms with E-state index in [4.69, 9.17) is 0 Å². The Morgan fingerprint density at radius 3 is 2.48 bits per heavy atom. The molecule has 0 unspecified atom stereocenters. The van der Waals surface area contributed by atoms with Gasteiger partial charge in [0.25, 0.3) is 11.8 Å². The van der Waals surface area contributed by atoms with Gasteiger partial charge in [0.15, 0.2) is 5.60 Å². The van der Waals surface area contributed by atoms with Crippen molar-refractivity contribution in [2.75, 3.05) is 23.4 Å². The van der Waals surface area contributed by atoms with Gasteiger partial charge in [-0.1, -0.05) is 66.6 Å². The molecule has 0 bridgehead atoms. The summed E-state index contributed by atoms with van der Waals surface area (Å²) in [7, 11) is 0. The Kier molecular flexibility index (Phi) is 11.4. The van der Waals surface area contributed by atoms with Gasteiger partial charge in [0.05, 0.1) is 18.3 Å². The molecule has 4 atom stereocenters. The van der Waals surface area contributed by atoms with Crippen LogP contribution in [0.2, 0.25) is 0 Å². The van der Waals surface area contributed by atoms with Crippen LogP contribution in [-0.2, 0) is 33.0 Å². The van der Waals surface area contributed by atoms with Crippen LogP contribution in [-0.4, -0.2) is 63.2 Å². The minimum absolute atomic E-state index is 0.0436. The number of amides is 3. The molecule has 2 aromatic carbocycles. The second-order valence-corrected chi connectivity index (χ2v) is 12.7. The van der Waals surface area contributed by atoms with E-state index >= 15 is 0 Å². The number of carbonyl (C=O) groups is 3. The third-order valence-corrected chi connectivity index (χ3v) is 8.89. The van der Waals surface area contributed by atoms with Crippen molar-refractivity contribution in [2.45, 2.75) is 84.6 Å². The molecule has 2 aromatic rings. The summed E-state index contributed by atoms with van der Waals surface area (Å²) in [5.74, 6) is -1.97. The molecule has 0 spiro atoms. The van der Waals surface area contributed by atoms with E-state index in [0.29, 0.717) is 29.9 Å². The number of nitrogens with zero attached hydrogens (tertiary/aromatic N) is 2. The summed E-state index contributed by atoms with van der Waals surface area (Å²) in [6.07, 6.45) is 8.64. The largest absolute Gasteiger partial charge is 0.394 e. The Balaban J connectivity index is 1.56. The average Bonchev–Trinajstić information content (AvgIpc) is 3.24. The minimum Gasteiger partial charge on any atom is -0.394 e. The summed E-state index contributed by atoms with van der Waals surface area (Å²) in [5, 5.41) is 34.4. The second-order valence-electron chi connectivity index (χ2n) is 12.7. The lowest BCUT2D eigenvalue weighted by molar-refractivity contribution is -0.139. The molecular formula is C37H47N3O6. The average molecular weight is 630 g/mol. The van der Waals surface area contributed by atoms with Gasteiger partial charge >= 0.3 is 0 Å². The molecule has 2 heterocycles. The number of rotatable bonds is 12. The molecule has 0 saturated carbocycles. The molecule has 0 fully saturated rings. The molecule has 4 N–H and O–H groups in total. The number of nitrogens with one attached hydrogen (secondary N) is 1. The molecule has 9 nitrogen and oxygen atoms in total. The normalized spacial score (nSPS) is 20.7. The smallest absolute Gasteiger partial charge is 0.264 e. The van der Waals surface area contributed by atoms with Crippen molar-refractivity contribution in [3.63, 3.8) is 0 Å². The van der Waals surface area contributed by atoms with E-state index in [2.05, 4.69) is 25.2 Å². The number of anilines is 2. The maximum atomic E-state index is 14.0. The maximum absolute atomic E-state index is 14.0. The molecule has 0 aromatic heterocycles. The van der Waals surface area contributed by atoms with E-state index in [-0.39, 0.29) is 31.5 Å². The molecule has 246 valence electrons. The zero-order valence-electron chi connectivity index (χ0n) is 27.5. The second kappa shape index (κ2) is 15.0. The third kappa shape index (κ3) is 7.66. The Hall–Kier alpha value is -4.05. The predicted molar refractivity (Wildman–Crippen MR) is 180 cm³/mol. The molecule has 2 aliphatic heterocycles. The van der Waals surface area contributed by atoms with E-state index in [1.54, 1.807) is 47.1 Å². The van der Waals surface area contributed by atoms with Crippen LogP contribution in [0.15, 0.2) is 77.9 Å². The van der Waals surface area contributed by atoms with E-state index < -0.39 is 29.4 Å². The van der Waals surface area contributed by atoms with Crippen molar-refractivity contribution in [3.05, 3.63) is 94.6 Å². The van der Waals surface area contributed by atoms with Crippen LogP contribution in [0.3, 0.4) is 0 Å². The van der Waals surface area contributed by atoms with E-state index in [1.807, 2.05) is 37.3 Å². The quantitative estimate of drug-likeness (QED) is 0.251. The van der Waals surface area contributed by atoms with Crippen LogP contribution in [0.4, 0.5) is 11.4 Å². The summed E-state index contributed by atoms with van der Waals surface area (Å²) in [5.41, 5.74) is 3.81. The number of carbonyl (C=O) groups excluding carboxylic acids is 3. The number of aliphatic hydroxyl groups excluding tert-OH is 2. The van der Waals surface area contributed by atoms with Crippen LogP contribution in [0, 0.1) is 5.92 Å². The Labute approximate surface area is 271 Å². The van der Waals surface area contributed by atoms with E-state index in [0.717, 1.165) is 29.5 Å². The first-order chi connectivity index (χ1) is 21.9. The van der Waals surface area contributed by atoms with Crippen molar-refractivity contribution < 1.29 is 29.7 Å². The number of hydrogen-bond acceptors (Lipinski definition) is 6. The van der Waals surface area contributed by atoms with Gasteiger partial charge in [-0.2, -0.15) is 0 Å². The summed E-state index contributed by atoms with van der Waals surface area (Å²) >= 11 is 0. The number of aliphatic hydroxyl groups is 3. The van der Waals surface area contributed by atoms with Gasteiger partial charge in [0.1, 0.15) is 6.10 Å². The molecule has 4 rings (SSSR count). The SMILES string of the molecule is CC(C)=CCC/C(C)=C/CN1C(=O)[C@@](O)([C@@H](C)/C=C/CC(=O)N2Cc3ccccc3C[C@H]2CO)c2cc(NC(=O)[C@H](C)O)ccc21. The highest BCUT2D eigenvalue weighted by Gasteiger charge is 2.52. The lowest BCUT2D eigenvalue weighted by Crippen LogP contribution is -2.46. The van der Waals surface area contributed by atoms with Gasteiger partial charge in [-0.3, -0.25) is 14.4 Å². The minimum atomic E-state index is -1.96. The number of benzene rings is 2. The number of allylic oxidation sites excluding steroid dienone is 3. The fraction of sp³-hybridized carbons (Fsp3) is 0.432. The molecular weight excluding hydrogens is 582 g/mol. The zero-order chi connectivity index (χ0) is 33.6. The molecule has 3 amide bonds. The van der Waals surface area contributed by atoms with Gasteiger partial charge in [-0.15, -0.1) is 0 Å².